The lowest BCUT2D eigenvalue weighted by Crippen LogP contribution is -2.47. The number of nitrogens with one attached hydrogen (secondary N) is 2. The lowest BCUT2D eigenvalue weighted by molar-refractivity contribution is -0.148. The van der Waals surface area contributed by atoms with Crippen molar-refractivity contribution in [2.24, 2.45) is 17.8 Å². The third kappa shape index (κ3) is 2.13. The van der Waals surface area contributed by atoms with Crippen LogP contribution < -0.4 is 5.32 Å². The Hall–Kier alpha value is -1.37. The van der Waals surface area contributed by atoms with Crippen molar-refractivity contribution in [1.82, 2.24) is 15.5 Å². The summed E-state index contributed by atoms with van der Waals surface area (Å²) in [5, 5.41) is 9.45. The normalized spacial score (nSPS) is 31.3. The zero-order valence-corrected chi connectivity index (χ0v) is 12.6. The lowest BCUT2D eigenvalue weighted by Gasteiger charge is -2.29. The molecule has 1 aromatic rings. The lowest BCUT2D eigenvalue weighted by atomic mass is 9.84. The number of fused-ring (bicyclic) bond motifs is 2. The summed E-state index contributed by atoms with van der Waals surface area (Å²) >= 11 is 3.27. The highest BCUT2D eigenvalue weighted by molar-refractivity contribution is 9.10. The highest BCUT2D eigenvalue weighted by atomic mass is 79.9. The second kappa shape index (κ2) is 5.20. The number of aromatic amines is 1. The highest BCUT2D eigenvalue weighted by Gasteiger charge is 2.52. The van der Waals surface area contributed by atoms with Crippen LogP contribution >= 0.6 is 15.9 Å². The fourth-order valence-corrected chi connectivity index (χ4v) is 4.00. The Morgan fingerprint density at radius 1 is 1.45 bits per heavy atom. The van der Waals surface area contributed by atoms with Crippen molar-refractivity contribution in [3.05, 3.63) is 16.4 Å². The molecular formula is C13H16BrN3O3. The minimum atomic E-state index is -0.235. The third-order valence-corrected chi connectivity index (χ3v) is 5.11. The molecule has 2 saturated carbocycles. The van der Waals surface area contributed by atoms with Gasteiger partial charge in [0.05, 0.1) is 23.7 Å². The van der Waals surface area contributed by atoms with Gasteiger partial charge in [0.2, 0.25) is 0 Å². The first kappa shape index (κ1) is 13.6. The molecule has 0 saturated heterocycles. The van der Waals surface area contributed by atoms with E-state index in [0.29, 0.717) is 22.0 Å². The minimum Gasteiger partial charge on any atom is -0.469 e. The van der Waals surface area contributed by atoms with Crippen molar-refractivity contribution in [3.8, 4) is 0 Å². The number of halogens is 1. The molecular weight excluding hydrogens is 326 g/mol. The number of ether oxygens (including phenoxy) is 1. The highest BCUT2D eigenvalue weighted by Crippen LogP contribution is 2.49. The summed E-state index contributed by atoms with van der Waals surface area (Å²) in [7, 11) is 1.40. The third-order valence-electron chi connectivity index (χ3n) is 4.51. The number of carbonyl (C=O) groups excluding carboxylic acids is 2. The van der Waals surface area contributed by atoms with Crippen molar-refractivity contribution in [2.75, 3.05) is 7.11 Å². The molecule has 6 nitrogen and oxygen atoms in total. The Morgan fingerprint density at radius 2 is 2.20 bits per heavy atom. The van der Waals surface area contributed by atoms with Gasteiger partial charge in [0, 0.05) is 6.04 Å². The molecule has 7 heteroatoms. The van der Waals surface area contributed by atoms with E-state index in [1.54, 1.807) is 0 Å². The molecule has 2 aliphatic rings. The molecule has 0 aromatic carbocycles. The molecule has 1 amide bonds. The van der Waals surface area contributed by atoms with Gasteiger partial charge in [-0.25, -0.2) is 0 Å². The van der Waals surface area contributed by atoms with Crippen LogP contribution in [0.1, 0.15) is 29.8 Å². The Labute approximate surface area is 124 Å². The molecule has 2 fully saturated rings. The van der Waals surface area contributed by atoms with E-state index in [1.807, 2.05) is 0 Å². The Morgan fingerprint density at radius 3 is 2.85 bits per heavy atom. The van der Waals surface area contributed by atoms with E-state index in [0.717, 1.165) is 19.3 Å². The van der Waals surface area contributed by atoms with Gasteiger partial charge < -0.3 is 10.1 Å². The maximum Gasteiger partial charge on any atom is 0.311 e. The number of methoxy groups -OCH3 is 1. The molecule has 1 aromatic heterocycles. The predicted molar refractivity (Wildman–Crippen MR) is 73.9 cm³/mol. The van der Waals surface area contributed by atoms with Crippen LogP contribution in [0.25, 0.3) is 0 Å². The average Bonchev–Trinajstić information content (AvgIpc) is 3.13. The van der Waals surface area contributed by atoms with Crippen LogP contribution in [0, 0.1) is 17.8 Å². The first-order valence-electron chi connectivity index (χ1n) is 6.69. The molecule has 3 rings (SSSR count). The maximum absolute atomic E-state index is 12.3. The number of H-pyrrole nitrogens is 1. The van der Waals surface area contributed by atoms with Gasteiger partial charge in [-0.05, 0) is 47.0 Å². The standard InChI is InChI=1S/C13H16BrN3O3/c1-20-13(19)9-6-2-3-7(4-6)10(9)16-12(18)11-8(14)5-15-17-11/h5-7,9-10H,2-4H2,1H3,(H,15,17)(H,16,18)/t6-,7-,9+,10+/m0/s1. The molecule has 2 N–H and O–H groups in total. The van der Waals surface area contributed by atoms with Crippen LogP contribution in [0.5, 0.6) is 0 Å². The summed E-state index contributed by atoms with van der Waals surface area (Å²) in [6.45, 7) is 0. The Kier molecular flexibility index (Phi) is 3.54. The SMILES string of the molecule is COC(=O)[C@@H]1[C@H]2CC[C@@H](C2)[C@H]1NC(=O)c1[nH]ncc1Br. The number of rotatable bonds is 3. The predicted octanol–water partition coefficient (Wildman–Crippen LogP) is 1.49. The van der Waals surface area contributed by atoms with Crippen LogP contribution in [0.3, 0.4) is 0 Å². The number of esters is 1. The monoisotopic (exact) mass is 341 g/mol. The Bertz CT molecular complexity index is 545. The zero-order valence-electron chi connectivity index (χ0n) is 11.1. The molecule has 2 bridgehead atoms. The van der Waals surface area contributed by atoms with Crippen molar-refractivity contribution >= 4 is 27.8 Å². The maximum atomic E-state index is 12.3. The zero-order chi connectivity index (χ0) is 14.3. The quantitative estimate of drug-likeness (QED) is 0.816. The van der Waals surface area contributed by atoms with E-state index in [-0.39, 0.29) is 23.8 Å². The summed E-state index contributed by atoms with van der Waals surface area (Å²) in [6.07, 6.45) is 4.64. The molecule has 4 atom stereocenters. The van der Waals surface area contributed by atoms with Gasteiger partial charge in [0.1, 0.15) is 5.69 Å². The number of nitrogens with zero attached hydrogens (tertiary/aromatic N) is 1. The topological polar surface area (TPSA) is 84.1 Å². The number of aromatic nitrogens is 2. The second-order valence-corrected chi connectivity index (χ2v) is 6.33. The second-order valence-electron chi connectivity index (χ2n) is 5.47. The van der Waals surface area contributed by atoms with Gasteiger partial charge >= 0.3 is 5.97 Å². The molecule has 108 valence electrons. The fourth-order valence-electron chi connectivity index (χ4n) is 3.63. The number of hydrogen-bond donors (Lipinski definition) is 2. The van der Waals surface area contributed by atoms with E-state index < -0.39 is 0 Å². The molecule has 20 heavy (non-hydrogen) atoms. The summed E-state index contributed by atoms with van der Waals surface area (Å²) < 4.78 is 5.51. The van der Waals surface area contributed by atoms with Gasteiger partial charge in [-0.1, -0.05) is 0 Å². The summed E-state index contributed by atoms with van der Waals surface area (Å²) in [6, 6.07) is -0.135. The number of amides is 1. The average molecular weight is 342 g/mol. The van der Waals surface area contributed by atoms with Crippen molar-refractivity contribution in [3.63, 3.8) is 0 Å². The largest absolute Gasteiger partial charge is 0.469 e. The fraction of sp³-hybridized carbons (Fsp3) is 0.615. The van der Waals surface area contributed by atoms with Gasteiger partial charge in [-0.2, -0.15) is 5.10 Å². The van der Waals surface area contributed by atoms with Crippen LogP contribution in [0.4, 0.5) is 0 Å². The van der Waals surface area contributed by atoms with Gasteiger partial charge in [0.25, 0.3) is 5.91 Å². The van der Waals surface area contributed by atoms with Crippen molar-refractivity contribution in [2.45, 2.75) is 25.3 Å². The number of hydrogen-bond acceptors (Lipinski definition) is 4. The van der Waals surface area contributed by atoms with Gasteiger partial charge in [-0.3, -0.25) is 14.7 Å². The summed E-state index contributed by atoms with van der Waals surface area (Å²) in [4.78, 5) is 24.2. The van der Waals surface area contributed by atoms with Crippen molar-refractivity contribution < 1.29 is 14.3 Å². The molecule has 0 aliphatic heterocycles. The number of carbonyl (C=O) groups is 2. The van der Waals surface area contributed by atoms with E-state index in [2.05, 4.69) is 31.4 Å². The van der Waals surface area contributed by atoms with E-state index >= 15 is 0 Å². The Balaban J connectivity index is 1.77. The van der Waals surface area contributed by atoms with E-state index in [1.165, 1.54) is 13.3 Å². The van der Waals surface area contributed by atoms with E-state index in [9.17, 15) is 9.59 Å². The van der Waals surface area contributed by atoms with Crippen molar-refractivity contribution in [1.29, 1.82) is 0 Å². The van der Waals surface area contributed by atoms with Gasteiger partial charge in [0.15, 0.2) is 0 Å². The van der Waals surface area contributed by atoms with Gasteiger partial charge in [-0.15, -0.1) is 0 Å². The van der Waals surface area contributed by atoms with Crippen LogP contribution in [-0.4, -0.2) is 35.2 Å². The first-order valence-corrected chi connectivity index (χ1v) is 7.48. The smallest absolute Gasteiger partial charge is 0.311 e. The molecule has 0 spiro atoms. The summed E-state index contributed by atoms with van der Waals surface area (Å²) in [5.41, 5.74) is 0.386. The molecule has 0 unspecified atom stereocenters. The molecule has 1 heterocycles. The van der Waals surface area contributed by atoms with E-state index in [4.69, 9.17) is 4.74 Å². The van der Waals surface area contributed by atoms with Crippen LogP contribution in [0.2, 0.25) is 0 Å². The minimum absolute atomic E-state index is 0.135. The van der Waals surface area contributed by atoms with Crippen LogP contribution in [-0.2, 0) is 9.53 Å². The summed E-state index contributed by atoms with van der Waals surface area (Å²) in [5.74, 6) is 0.0362. The van der Waals surface area contributed by atoms with Crippen LogP contribution in [0.15, 0.2) is 10.7 Å². The molecule has 2 aliphatic carbocycles. The first-order chi connectivity index (χ1) is 9.61. The molecule has 0 radical (unpaired) electrons.